The molecule has 0 unspecified atom stereocenters. The smallest absolute Gasteiger partial charge is 0.257 e. The number of benzene rings is 2. The Morgan fingerprint density at radius 1 is 0.931 bits per heavy atom. The molecule has 0 aliphatic rings. The number of aromatic nitrogens is 2. The molecule has 2 heterocycles. The molecule has 0 bridgehead atoms. The average molecular weight is 383 g/mol. The summed E-state index contributed by atoms with van der Waals surface area (Å²) in [4.78, 5) is 22.3. The van der Waals surface area contributed by atoms with Gasteiger partial charge in [-0.2, -0.15) is 0 Å². The summed E-state index contributed by atoms with van der Waals surface area (Å²) in [6.45, 7) is 3.89. The molecule has 0 saturated heterocycles. The molecule has 0 aliphatic heterocycles. The summed E-state index contributed by atoms with van der Waals surface area (Å²) in [5.74, 6) is 1.10. The van der Waals surface area contributed by atoms with Crippen LogP contribution in [0.4, 0.5) is 5.82 Å². The van der Waals surface area contributed by atoms with Gasteiger partial charge in [-0.1, -0.05) is 18.2 Å². The van der Waals surface area contributed by atoms with Gasteiger partial charge in [0, 0.05) is 16.6 Å². The number of carbonyl (C=O) groups excluding carboxylic acids is 1. The largest absolute Gasteiger partial charge is 0.497 e. The minimum Gasteiger partial charge on any atom is -0.497 e. The topological polar surface area (TPSA) is 64.1 Å². The Morgan fingerprint density at radius 2 is 1.69 bits per heavy atom. The third-order valence-corrected chi connectivity index (χ3v) is 4.69. The lowest BCUT2D eigenvalue weighted by Crippen LogP contribution is -2.14. The Bertz CT molecular complexity index is 1180. The van der Waals surface area contributed by atoms with Gasteiger partial charge >= 0.3 is 0 Å². The number of rotatable bonds is 4. The first kappa shape index (κ1) is 18.6. The van der Waals surface area contributed by atoms with Crippen LogP contribution in [0, 0.1) is 13.8 Å². The summed E-state index contributed by atoms with van der Waals surface area (Å²) in [7, 11) is 1.63. The van der Waals surface area contributed by atoms with Crippen LogP contribution in [0.2, 0.25) is 0 Å². The highest BCUT2D eigenvalue weighted by Crippen LogP contribution is 2.27. The van der Waals surface area contributed by atoms with Gasteiger partial charge in [0.05, 0.1) is 23.9 Å². The number of nitrogens with zero attached hydrogens (tertiary/aromatic N) is 2. The van der Waals surface area contributed by atoms with Gasteiger partial charge in [0.25, 0.3) is 5.91 Å². The number of anilines is 1. The number of amides is 1. The fraction of sp³-hybridized carbons (Fsp3) is 0.125. The molecular formula is C24H21N3O2. The van der Waals surface area contributed by atoms with Crippen LogP contribution >= 0.6 is 0 Å². The van der Waals surface area contributed by atoms with Gasteiger partial charge in [-0.25, -0.2) is 9.97 Å². The molecule has 4 aromatic rings. The first-order chi connectivity index (χ1) is 14.0. The first-order valence-corrected chi connectivity index (χ1v) is 9.34. The average Bonchev–Trinajstić information content (AvgIpc) is 2.72. The van der Waals surface area contributed by atoms with E-state index in [1.165, 1.54) is 0 Å². The van der Waals surface area contributed by atoms with Crippen molar-refractivity contribution in [2.45, 2.75) is 13.8 Å². The number of carbonyl (C=O) groups is 1. The predicted molar refractivity (Wildman–Crippen MR) is 115 cm³/mol. The van der Waals surface area contributed by atoms with Crippen molar-refractivity contribution in [3.8, 4) is 17.0 Å². The molecule has 2 aromatic carbocycles. The normalized spacial score (nSPS) is 10.7. The number of aryl methyl sites for hydroxylation is 2. The highest BCUT2D eigenvalue weighted by molar-refractivity contribution is 6.12. The Balaban J connectivity index is 1.78. The molecule has 0 radical (unpaired) electrons. The van der Waals surface area contributed by atoms with E-state index in [4.69, 9.17) is 9.72 Å². The molecule has 1 N–H and O–H groups in total. The molecule has 29 heavy (non-hydrogen) atoms. The van der Waals surface area contributed by atoms with Crippen LogP contribution in [0.3, 0.4) is 0 Å². The lowest BCUT2D eigenvalue weighted by Gasteiger charge is -2.11. The molecule has 2 aromatic heterocycles. The predicted octanol–water partition coefficient (Wildman–Crippen LogP) is 5.17. The molecule has 144 valence electrons. The van der Waals surface area contributed by atoms with Crippen molar-refractivity contribution < 1.29 is 9.53 Å². The van der Waals surface area contributed by atoms with Gasteiger partial charge in [-0.05, 0) is 67.9 Å². The van der Waals surface area contributed by atoms with Crippen molar-refractivity contribution in [2.24, 2.45) is 0 Å². The summed E-state index contributed by atoms with van der Waals surface area (Å²) in [5, 5.41) is 3.73. The maximum atomic E-state index is 13.1. The zero-order valence-corrected chi connectivity index (χ0v) is 16.6. The number of para-hydroxylation sites is 1. The highest BCUT2D eigenvalue weighted by atomic mass is 16.5. The number of hydrogen-bond donors (Lipinski definition) is 1. The summed E-state index contributed by atoms with van der Waals surface area (Å²) < 4.78 is 5.23. The van der Waals surface area contributed by atoms with Crippen LogP contribution in [-0.2, 0) is 0 Å². The second-order valence-corrected chi connectivity index (χ2v) is 6.93. The van der Waals surface area contributed by atoms with Crippen molar-refractivity contribution in [2.75, 3.05) is 12.4 Å². The molecule has 0 fully saturated rings. The molecule has 0 aliphatic carbocycles. The van der Waals surface area contributed by atoms with E-state index in [0.29, 0.717) is 11.4 Å². The molecule has 0 atom stereocenters. The summed E-state index contributed by atoms with van der Waals surface area (Å²) in [6.07, 6.45) is 0. The lowest BCUT2D eigenvalue weighted by atomic mass is 10.0. The second kappa shape index (κ2) is 7.72. The number of methoxy groups -OCH3 is 1. The van der Waals surface area contributed by atoms with Gasteiger partial charge in [0.15, 0.2) is 0 Å². The van der Waals surface area contributed by atoms with Gasteiger partial charge < -0.3 is 10.1 Å². The van der Waals surface area contributed by atoms with E-state index >= 15 is 0 Å². The Morgan fingerprint density at radius 3 is 2.41 bits per heavy atom. The summed E-state index contributed by atoms with van der Waals surface area (Å²) >= 11 is 0. The minimum atomic E-state index is -0.212. The second-order valence-electron chi connectivity index (χ2n) is 6.93. The van der Waals surface area contributed by atoms with E-state index in [2.05, 4.69) is 10.3 Å². The Kier molecular flexibility index (Phi) is 4.96. The molecule has 4 rings (SSSR count). The van der Waals surface area contributed by atoms with Gasteiger partial charge in [0.2, 0.25) is 0 Å². The number of ether oxygens (including phenoxy) is 1. The number of nitrogens with one attached hydrogen (secondary N) is 1. The van der Waals surface area contributed by atoms with E-state index < -0.39 is 0 Å². The minimum absolute atomic E-state index is 0.212. The van der Waals surface area contributed by atoms with Crippen LogP contribution in [0.1, 0.15) is 21.6 Å². The number of fused-ring (bicyclic) bond motifs is 1. The van der Waals surface area contributed by atoms with Crippen molar-refractivity contribution in [1.29, 1.82) is 0 Å². The van der Waals surface area contributed by atoms with Crippen LogP contribution in [0.5, 0.6) is 5.75 Å². The van der Waals surface area contributed by atoms with Crippen LogP contribution < -0.4 is 10.1 Å². The van der Waals surface area contributed by atoms with Gasteiger partial charge in [0.1, 0.15) is 11.6 Å². The molecule has 1 amide bonds. The fourth-order valence-corrected chi connectivity index (χ4v) is 3.36. The van der Waals surface area contributed by atoms with Crippen LogP contribution in [0.15, 0.2) is 66.7 Å². The van der Waals surface area contributed by atoms with E-state index in [-0.39, 0.29) is 5.91 Å². The summed E-state index contributed by atoms with van der Waals surface area (Å²) in [5.41, 5.74) is 4.87. The zero-order valence-electron chi connectivity index (χ0n) is 16.6. The van der Waals surface area contributed by atoms with Crippen molar-refractivity contribution in [3.63, 3.8) is 0 Å². The quantitative estimate of drug-likeness (QED) is 0.528. The molecular weight excluding hydrogens is 362 g/mol. The fourth-order valence-electron chi connectivity index (χ4n) is 3.36. The van der Waals surface area contributed by atoms with Gasteiger partial charge in [-0.3, -0.25) is 4.79 Å². The third-order valence-electron chi connectivity index (χ3n) is 4.69. The highest BCUT2D eigenvalue weighted by Gasteiger charge is 2.15. The first-order valence-electron chi connectivity index (χ1n) is 9.34. The number of pyridine rings is 2. The van der Waals surface area contributed by atoms with E-state index in [1.54, 1.807) is 7.11 Å². The zero-order chi connectivity index (χ0) is 20.4. The Hall–Kier alpha value is -3.73. The summed E-state index contributed by atoms with van der Waals surface area (Å²) in [6, 6.07) is 20.9. The third kappa shape index (κ3) is 3.94. The van der Waals surface area contributed by atoms with Crippen LogP contribution in [-0.4, -0.2) is 23.0 Å². The molecule has 5 heteroatoms. The van der Waals surface area contributed by atoms with E-state index in [9.17, 15) is 4.79 Å². The van der Waals surface area contributed by atoms with Crippen molar-refractivity contribution in [1.82, 2.24) is 9.97 Å². The monoisotopic (exact) mass is 383 g/mol. The standard InChI is InChI=1S/C24H21N3O2/c1-15-12-16(2)25-23(13-15)27-24(28)20-14-22(17-8-10-18(29-3)11-9-17)26-21-7-5-4-6-19(20)21/h4-14H,1-3H3,(H,25,27,28). The van der Waals surface area contributed by atoms with E-state index in [1.807, 2.05) is 80.6 Å². The van der Waals surface area contributed by atoms with Crippen molar-refractivity contribution in [3.05, 3.63) is 83.6 Å². The molecule has 0 saturated carbocycles. The Labute approximate surface area is 169 Å². The van der Waals surface area contributed by atoms with Crippen LogP contribution in [0.25, 0.3) is 22.2 Å². The van der Waals surface area contributed by atoms with Gasteiger partial charge in [-0.15, -0.1) is 0 Å². The lowest BCUT2D eigenvalue weighted by molar-refractivity contribution is 0.102. The van der Waals surface area contributed by atoms with Crippen molar-refractivity contribution >= 4 is 22.6 Å². The molecule has 0 spiro atoms. The number of hydrogen-bond acceptors (Lipinski definition) is 4. The van der Waals surface area contributed by atoms with E-state index in [0.717, 1.165) is 39.2 Å². The SMILES string of the molecule is COc1ccc(-c2cc(C(=O)Nc3cc(C)cc(C)n3)c3ccccc3n2)cc1. The molecule has 5 nitrogen and oxygen atoms in total. The maximum absolute atomic E-state index is 13.1. The maximum Gasteiger partial charge on any atom is 0.257 e.